The van der Waals surface area contributed by atoms with Crippen LogP contribution in [0.2, 0.25) is 0 Å². The number of alkyl halides is 9. The van der Waals surface area contributed by atoms with E-state index in [2.05, 4.69) is 11.8 Å². The Morgan fingerprint density at radius 2 is 1.38 bits per heavy atom. The molecule has 1 aromatic rings. The van der Waals surface area contributed by atoms with Crippen molar-refractivity contribution in [3.63, 3.8) is 0 Å². The quantitative estimate of drug-likeness (QED) is 0.355. The van der Waals surface area contributed by atoms with Crippen LogP contribution in [0, 0.1) is 11.8 Å². The predicted molar refractivity (Wildman–Crippen MR) is 85.0 cm³/mol. The van der Waals surface area contributed by atoms with Crippen LogP contribution in [0.4, 0.5) is 39.5 Å². The van der Waals surface area contributed by atoms with Crippen LogP contribution >= 0.6 is 0 Å². The fraction of sp³-hybridized carbons (Fsp3) is 0.500. The molecule has 0 fully saturated rings. The first-order valence-electron chi connectivity index (χ1n) is 7.81. The molecule has 0 saturated carbocycles. The predicted octanol–water partition coefficient (Wildman–Crippen LogP) is 4.55. The van der Waals surface area contributed by atoms with E-state index >= 15 is 0 Å². The van der Waals surface area contributed by atoms with E-state index in [-0.39, 0.29) is 19.3 Å². The maximum absolute atomic E-state index is 13.4. The van der Waals surface area contributed by atoms with Crippen LogP contribution in [0.25, 0.3) is 0 Å². The summed E-state index contributed by atoms with van der Waals surface area (Å²) in [7, 11) is -6.55. The molecule has 0 aliphatic heterocycles. The number of hydrogen-bond donors (Lipinski definition) is 1. The molecule has 1 N–H and O–H groups in total. The van der Waals surface area contributed by atoms with Gasteiger partial charge in [0, 0.05) is 18.5 Å². The number of unbranched alkanes of at least 4 members (excludes halogenated alkanes) is 2. The summed E-state index contributed by atoms with van der Waals surface area (Å²) in [6, 6.07) is 8.58. The molecule has 0 radical (unpaired) electrons. The Hall–Kier alpha value is -1.94. The van der Waals surface area contributed by atoms with Gasteiger partial charge in [0.15, 0.2) is 0 Å². The SMILES string of the molecule is O=S(=O)(NCCCCC#Cc1ccccc1)C(F)(F)C(F)(F)C(F)(F)C(F)(F)F. The molecular weight excluding hydrogens is 441 g/mol. The van der Waals surface area contributed by atoms with E-state index < -0.39 is 39.8 Å². The van der Waals surface area contributed by atoms with Crippen LogP contribution in [0.15, 0.2) is 30.3 Å². The molecule has 1 aromatic carbocycles. The van der Waals surface area contributed by atoms with Crippen molar-refractivity contribution in [2.45, 2.75) is 42.5 Å². The summed E-state index contributed by atoms with van der Waals surface area (Å²) in [5, 5.41) is -6.72. The lowest BCUT2D eigenvalue weighted by molar-refractivity contribution is -0.382. The van der Waals surface area contributed by atoms with E-state index in [1.165, 1.54) is 0 Å². The molecule has 0 aliphatic carbocycles. The van der Waals surface area contributed by atoms with Gasteiger partial charge in [-0.1, -0.05) is 30.0 Å². The fourth-order valence-electron chi connectivity index (χ4n) is 1.85. The standard InChI is InChI=1S/C16H14F9NO2S/c17-13(18,15(21,22)23)14(19,20)16(24,25)29(27,28)26-11-7-2-1-4-8-12-9-5-3-6-10-12/h3,5-6,9-10,26H,1-2,7,11H2. The summed E-state index contributed by atoms with van der Waals surface area (Å²) in [4.78, 5) is 0. The maximum Gasteiger partial charge on any atom is 0.460 e. The van der Waals surface area contributed by atoms with Gasteiger partial charge >= 0.3 is 23.3 Å². The fourth-order valence-corrected chi connectivity index (χ4v) is 2.91. The third kappa shape index (κ3) is 5.36. The van der Waals surface area contributed by atoms with Gasteiger partial charge < -0.3 is 0 Å². The third-order valence-corrected chi connectivity index (χ3v) is 5.00. The highest BCUT2D eigenvalue weighted by Crippen LogP contribution is 2.54. The van der Waals surface area contributed by atoms with Crippen molar-refractivity contribution in [2.24, 2.45) is 0 Å². The molecule has 0 bridgehead atoms. The molecule has 29 heavy (non-hydrogen) atoms. The van der Waals surface area contributed by atoms with Crippen molar-refractivity contribution >= 4 is 10.0 Å². The molecule has 0 unspecified atom stereocenters. The second-order valence-corrected chi connectivity index (χ2v) is 7.49. The van der Waals surface area contributed by atoms with Crippen LogP contribution in [0.3, 0.4) is 0 Å². The number of rotatable bonds is 8. The second-order valence-electron chi connectivity index (χ2n) is 5.69. The van der Waals surface area contributed by atoms with Gasteiger partial charge in [0.25, 0.3) is 10.0 Å². The molecular formula is C16H14F9NO2S. The van der Waals surface area contributed by atoms with Gasteiger partial charge in [-0.25, -0.2) is 13.1 Å². The van der Waals surface area contributed by atoms with Crippen molar-refractivity contribution in [1.82, 2.24) is 4.72 Å². The molecule has 0 atom stereocenters. The van der Waals surface area contributed by atoms with Gasteiger partial charge in [-0.15, -0.1) is 0 Å². The van der Waals surface area contributed by atoms with Crippen LogP contribution in [0.1, 0.15) is 24.8 Å². The molecule has 13 heteroatoms. The lowest BCUT2D eigenvalue weighted by Gasteiger charge is -2.33. The number of nitrogens with one attached hydrogen (secondary N) is 1. The average Bonchev–Trinajstić information content (AvgIpc) is 2.60. The Kier molecular flexibility index (Phi) is 7.64. The van der Waals surface area contributed by atoms with Crippen LogP contribution < -0.4 is 4.72 Å². The molecule has 0 heterocycles. The minimum Gasteiger partial charge on any atom is -0.210 e. The van der Waals surface area contributed by atoms with Gasteiger partial charge in [0.1, 0.15) is 0 Å². The Labute approximate surface area is 160 Å². The Bertz CT molecular complexity index is 841. The monoisotopic (exact) mass is 455 g/mol. The summed E-state index contributed by atoms with van der Waals surface area (Å²) in [6.45, 7) is -0.890. The van der Waals surface area contributed by atoms with E-state index in [0.29, 0.717) is 5.56 Å². The summed E-state index contributed by atoms with van der Waals surface area (Å²) < 4.78 is 138. The topological polar surface area (TPSA) is 46.2 Å². The summed E-state index contributed by atoms with van der Waals surface area (Å²) in [5.74, 6) is -9.10. The Morgan fingerprint density at radius 1 is 0.828 bits per heavy atom. The lowest BCUT2D eigenvalue weighted by atomic mass is 10.1. The molecule has 1 rings (SSSR count). The molecule has 164 valence electrons. The second kappa shape index (κ2) is 8.83. The highest BCUT2D eigenvalue weighted by Gasteiger charge is 2.85. The van der Waals surface area contributed by atoms with Crippen LogP contribution in [0.5, 0.6) is 0 Å². The summed E-state index contributed by atoms with van der Waals surface area (Å²) in [6.07, 6.45) is -7.02. The highest BCUT2D eigenvalue weighted by atomic mass is 32.2. The largest absolute Gasteiger partial charge is 0.460 e. The maximum atomic E-state index is 13.4. The smallest absolute Gasteiger partial charge is 0.210 e. The minimum absolute atomic E-state index is 0.114. The van der Waals surface area contributed by atoms with E-state index in [9.17, 15) is 47.9 Å². The van der Waals surface area contributed by atoms with E-state index in [4.69, 9.17) is 0 Å². The van der Waals surface area contributed by atoms with Gasteiger partial charge in [0.2, 0.25) is 0 Å². The minimum atomic E-state index is -7.27. The zero-order valence-electron chi connectivity index (χ0n) is 14.3. The first kappa shape index (κ1) is 25.1. The van der Waals surface area contributed by atoms with Gasteiger partial charge in [-0.3, -0.25) is 0 Å². The summed E-state index contributed by atoms with van der Waals surface area (Å²) >= 11 is 0. The molecule has 0 saturated heterocycles. The zero-order chi connectivity index (χ0) is 22.6. The van der Waals surface area contributed by atoms with Crippen LogP contribution in [-0.2, 0) is 10.0 Å². The lowest BCUT2D eigenvalue weighted by Crippen LogP contribution is -2.64. The molecule has 3 nitrogen and oxygen atoms in total. The number of hydrogen-bond acceptors (Lipinski definition) is 2. The third-order valence-electron chi connectivity index (χ3n) is 3.48. The van der Waals surface area contributed by atoms with Crippen molar-refractivity contribution in [3.05, 3.63) is 35.9 Å². The van der Waals surface area contributed by atoms with Crippen LogP contribution in [-0.4, -0.2) is 38.2 Å². The van der Waals surface area contributed by atoms with Crippen molar-refractivity contribution in [1.29, 1.82) is 0 Å². The zero-order valence-corrected chi connectivity index (χ0v) is 15.2. The average molecular weight is 455 g/mol. The number of sulfonamides is 1. The van der Waals surface area contributed by atoms with Gasteiger partial charge in [0.05, 0.1) is 0 Å². The summed E-state index contributed by atoms with van der Waals surface area (Å²) in [5.41, 5.74) is 0.667. The number of halogens is 9. The molecule has 0 aromatic heterocycles. The Morgan fingerprint density at radius 3 is 1.90 bits per heavy atom. The molecule has 0 aliphatic rings. The van der Waals surface area contributed by atoms with E-state index in [1.807, 2.05) is 0 Å². The number of benzene rings is 1. The van der Waals surface area contributed by atoms with Gasteiger partial charge in [-0.05, 0) is 25.0 Å². The van der Waals surface area contributed by atoms with Gasteiger partial charge in [-0.2, -0.15) is 39.5 Å². The first-order valence-corrected chi connectivity index (χ1v) is 9.29. The van der Waals surface area contributed by atoms with E-state index in [1.54, 1.807) is 30.3 Å². The Balaban J connectivity index is 2.68. The van der Waals surface area contributed by atoms with Crippen molar-refractivity contribution in [2.75, 3.05) is 6.54 Å². The molecule has 0 spiro atoms. The highest BCUT2D eigenvalue weighted by molar-refractivity contribution is 7.90. The first-order chi connectivity index (χ1) is 13.1. The van der Waals surface area contributed by atoms with Crippen molar-refractivity contribution in [3.8, 4) is 11.8 Å². The normalized spacial score (nSPS) is 13.7. The molecule has 0 amide bonds. The van der Waals surface area contributed by atoms with E-state index in [0.717, 1.165) is 4.72 Å². The van der Waals surface area contributed by atoms with Crippen molar-refractivity contribution < 1.29 is 47.9 Å².